The van der Waals surface area contributed by atoms with E-state index < -0.39 is 28.5 Å². The highest BCUT2D eigenvalue weighted by Crippen LogP contribution is 2.25. The molecule has 3 aromatic carbocycles. The Morgan fingerprint density at radius 2 is 1.45 bits per heavy atom. The molecule has 7 nitrogen and oxygen atoms in total. The molecule has 0 radical (unpaired) electrons. The standard InChI is InChI=1S/C29H34ClN3O4S/c1-3-4-19-31-29(35)28(25-13-9-6-10-14-25)33(21-24-15-17-26(30)18-16-24)27(34)22-32(38(2,36)37)20-23-11-7-5-8-12-23/h5-18,28H,3-4,19-22H2,1-2H3,(H,31,35)/t28-/m0/s1. The third-order valence-corrected chi connectivity index (χ3v) is 7.52. The summed E-state index contributed by atoms with van der Waals surface area (Å²) < 4.78 is 26.5. The van der Waals surface area contributed by atoms with Gasteiger partial charge in [0.25, 0.3) is 0 Å². The Morgan fingerprint density at radius 1 is 0.868 bits per heavy atom. The molecule has 0 aliphatic heterocycles. The first-order valence-electron chi connectivity index (χ1n) is 12.5. The second-order valence-corrected chi connectivity index (χ2v) is 11.5. The molecule has 0 aromatic heterocycles. The molecule has 202 valence electrons. The van der Waals surface area contributed by atoms with Crippen molar-refractivity contribution in [3.8, 4) is 0 Å². The van der Waals surface area contributed by atoms with E-state index in [9.17, 15) is 18.0 Å². The van der Waals surface area contributed by atoms with E-state index in [-0.39, 0.29) is 19.0 Å². The fraction of sp³-hybridized carbons (Fsp3) is 0.310. The number of hydrogen-bond acceptors (Lipinski definition) is 4. The smallest absolute Gasteiger partial charge is 0.247 e. The van der Waals surface area contributed by atoms with Gasteiger partial charge in [0, 0.05) is 24.7 Å². The summed E-state index contributed by atoms with van der Waals surface area (Å²) in [4.78, 5) is 28.9. The zero-order chi connectivity index (χ0) is 27.5. The molecule has 1 N–H and O–H groups in total. The average Bonchev–Trinajstić information content (AvgIpc) is 2.90. The maximum atomic E-state index is 13.9. The van der Waals surface area contributed by atoms with Gasteiger partial charge in [-0.05, 0) is 35.2 Å². The summed E-state index contributed by atoms with van der Waals surface area (Å²) in [5, 5.41) is 3.50. The van der Waals surface area contributed by atoms with Crippen molar-refractivity contribution in [3.63, 3.8) is 0 Å². The van der Waals surface area contributed by atoms with Crippen LogP contribution in [0.15, 0.2) is 84.9 Å². The molecule has 3 rings (SSSR count). The fourth-order valence-corrected chi connectivity index (χ4v) is 4.88. The molecule has 1 atom stereocenters. The Hall–Kier alpha value is -3.20. The molecule has 38 heavy (non-hydrogen) atoms. The van der Waals surface area contributed by atoms with E-state index in [0.717, 1.165) is 34.5 Å². The Kier molecular flexibility index (Phi) is 10.9. The number of amides is 2. The summed E-state index contributed by atoms with van der Waals surface area (Å²) in [7, 11) is -3.73. The van der Waals surface area contributed by atoms with Crippen LogP contribution in [0.25, 0.3) is 0 Å². The Bertz CT molecular complexity index is 1290. The minimum absolute atomic E-state index is 0.0406. The molecule has 0 saturated carbocycles. The SMILES string of the molecule is CCCCNC(=O)[C@H](c1ccccc1)N(Cc1ccc(Cl)cc1)C(=O)CN(Cc1ccccc1)S(C)(=O)=O. The summed E-state index contributed by atoms with van der Waals surface area (Å²) in [5.74, 6) is -0.804. The summed E-state index contributed by atoms with van der Waals surface area (Å²) in [6.45, 7) is 2.24. The van der Waals surface area contributed by atoms with Gasteiger partial charge in [-0.25, -0.2) is 8.42 Å². The van der Waals surface area contributed by atoms with Gasteiger partial charge in [0.2, 0.25) is 21.8 Å². The van der Waals surface area contributed by atoms with Crippen molar-refractivity contribution in [1.82, 2.24) is 14.5 Å². The first-order chi connectivity index (χ1) is 18.2. The minimum atomic E-state index is -3.73. The van der Waals surface area contributed by atoms with Gasteiger partial charge in [0.15, 0.2) is 0 Å². The van der Waals surface area contributed by atoms with E-state index >= 15 is 0 Å². The molecule has 0 fully saturated rings. The molecule has 0 heterocycles. The molecule has 0 saturated heterocycles. The van der Waals surface area contributed by atoms with Crippen molar-refractivity contribution in [3.05, 3.63) is 107 Å². The third-order valence-electron chi connectivity index (χ3n) is 6.07. The van der Waals surface area contributed by atoms with E-state index in [1.165, 1.54) is 4.90 Å². The highest BCUT2D eigenvalue weighted by atomic mass is 35.5. The molecule has 0 aliphatic carbocycles. The lowest BCUT2D eigenvalue weighted by Crippen LogP contribution is -2.47. The van der Waals surface area contributed by atoms with Gasteiger partial charge in [0.1, 0.15) is 6.04 Å². The first-order valence-corrected chi connectivity index (χ1v) is 14.8. The lowest BCUT2D eigenvalue weighted by atomic mass is 10.0. The first kappa shape index (κ1) is 29.4. The number of unbranched alkanes of at least 4 members (excludes halogenated alkanes) is 1. The van der Waals surface area contributed by atoms with Crippen LogP contribution in [0.3, 0.4) is 0 Å². The summed E-state index contributed by atoms with van der Waals surface area (Å²) >= 11 is 6.07. The molecule has 0 bridgehead atoms. The third kappa shape index (κ3) is 8.68. The summed E-state index contributed by atoms with van der Waals surface area (Å²) in [5.41, 5.74) is 2.16. The fourth-order valence-electron chi connectivity index (χ4n) is 4.02. The van der Waals surface area contributed by atoms with E-state index in [1.54, 1.807) is 36.4 Å². The van der Waals surface area contributed by atoms with Crippen molar-refractivity contribution >= 4 is 33.4 Å². The van der Waals surface area contributed by atoms with Crippen molar-refractivity contribution in [2.45, 2.75) is 38.9 Å². The van der Waals surface area contributed by atoms with Crippen LogP contribution in [0.4, 0.5) is 0 Å². The van der Waals surface area contributed by atoms with Crippen molar-refractivity contribution < 1.29 is 18.0 Å². The number of benzene rings is 3. The Labute approximate surface area is 230 Å². The van der Waals surface area contributed by atoms with Crippen LogP contribution >= 0.6 is 11.6 Å². The average molecular weight is 556 g/mol. The number of carbonyl (C=O) groups excluding carboxylic acids is 2. The number of carbonyl (C=O) groups is 2. The number of nitrogens with one attached hydrogen (secondary N) is 1. The van der Waals surface area contributed by atoms with Gasteiger partial charge < -0.3 is 10.2 Å². The lowest BCUT2D eigenvalue weighted by molar-refractivity contribution is -0.141. The zero-order valence-electron chi connectivity index (χ0n) is 21.7. The van der Waals surface area contributed by atoms with Crippen LogP contribution in [-0.4, -0.2) is 48.8 Å². The molecule has 3 aromatic rings. The van der Waals surface area contributed by atoms with Crippen LogP contribution < -0.4 is 5.32 Å². The largest absolute Gasteiger partial charge is 0.354 e. The van der Waals surface area contributed by atoms with Crippen LogP contribution in [0.1, 0.15) is 42.5 Å². The van der Waals surface area contributed by atoms with Crippen LogP contribution in [0, 0.1) is 0 Å². The van der Waals surface area contributed by atoms with Gasteiger partial charge in [-0.15, -0.1) is 0 Å². The Morgan fingerprint density at radius 3 is 2.03 bits per heavy atom. The van der Waals surface area contributed by atoms with Crippen molar-refractivity contribution in [2.24, 2.45) is 0 Å². The summed E-state index contributed by atoms with van der Waals surface area (Å²) in [6, 6.07) is 24.2. The molecular formula is C29H34ClN3O4S. The summed E-state index contributed by atoms with van der Waals surface area (Å²) in [6.07, 6.45) is 2.79. The van der Waals surface area contributed by atoms with Gasteiger partial charge in [-0.1, -0.05) is 97.7 Å². The van der Waals surface area contributed by atoms with E-state index in [2.05, 4.69) is 5.32 Å². The molecule has 2 amide bonds. The Balaban J connectivity index is 1.99. The lowest BCUT2D eigenvalue weighted by Gasteiger charge is -2.33. The molecular weight excluding hydrogens is 522 g/mol. The van der Waals surface area contributed by atoms with Gasteiger partial charge in [-0.2, -0.15) is 4.31 Å². The highest BCUT2D eigenvalue weighted by Gasteiger charge is 2.33. The predicted molar refractivity (Wildman–Crippen MR) is 151 cm³/mol. The predicted octanol–water partition coefficient (Wildman–Crippen LogP) is 4.79. The normalized spacial score (nSPS) is 12.2. The van der Waals surface area contributed by atoms with Gasteiger partial charge >= 0.3 is 0 Å². The minimum Gasteiger partial charge on any atom is -0.354 e. The zero-order valence-corrected chi connectivity index (χ0v) is 23.3. The van der Waals surface area contributed by atoms with Gasteiger partial charge in [0.05, 0.1) is 12.8 Å². The topological polar surface area (TPSA) is 86.8 Å². The molecule has 9 heteroatoms. The van der Waals surface area contributed by atoms with Crippen molar-refractivity contribution in [2.75, 3.05) is 19.3 Å². The number of halogens is 1. The van der Waals surface area contributed by atoms with E-state index in [1.807, 2.05) is 55.5 Å². The van der Waals surface area contributed by atoms with Crippen molar-refractivity contribution in [1.29, 1.82) is 0 Å². The number of rotatable bonds is 13. The molecule has 0 spiro atoms. The van der Waals surface area contributed by atoms with Crippen LogP contribution in [0.5, 0.6) is 0 Å². The quantitative estimate of drug-likeness (QED) is 0.307. The molecule has 0 aliphatic rings. The second kappa shape index (κ2) is 14.1. The number of sulfonamides is 1. The number of nitrogens with zero attached hydrogens (tertiary/aromatic N) is 2. The number of hydrogen-bond donors (Lipinski definition) is 1. The monoisotopic (exact) mass is 555 g/mol. The van der Waals surface area contributed by atoms with Crippen LogP contribution in [-0.2, 0) is 32.7 Å². The van der Waals surface area contributed by atoms with Gasteiger partial charge in [-0.3, -0.25) is 9.59 Å². The maximum absolute atomic E-state index is 13.9. The van der Waals surface area contributed by atoms with E-state index in [0.29, 0.717) is 17.1 Å². The van der Waals surface area contributed by atoms with E-state index in [4.69, 9.17) is 11.6 Å². The maximum Gasteiger partial charge on any atom is 0.247 e. The second-order valence-electron chi connectivity index (χ2n) is 9.12. The highest BCUT2D eigenvalue weighted by molar-refractivity contribution is 7.88. The molecule has 0 unspecified atom stereocenters. The van der Waals surface area contributed by atoms with Crippen LogP contribution in [0.2, 0.25) is 5.02 Å².